The van der Waals surface area contributed by atoms with E-state index in [1.54, 1.807) is 43.5 Å². The monoisotopic (exact) mass is 536 g/mol. The molecule has 0 heterocycles. The van der Waals surface area contributed by atoms with Gasteiger partial charge in [0.25, 0.3) is 0 Å². The number of hydrogen-bond acceptors (Lipinski definition) is 2. The predicted octanol–water partition coefficient (Wildman–Crippen LogP) is 8.60. The zero-order valence-electron chi connectivity index (χ0n) is 20.9. The van der Waals surface area contributed by atoms with Gasteiger partial charge in [0, 0.05) is 4.32 Å². The molecule has 0 saturated heterocycles. The fraction of sp³-hybridized carbons (Fsp3) is 0.625. The first-order valence-electron chi connectivity index (χ1n) is 14.1. The van der Waals surface area contributed by atoms with Crippen LogP contribution in [0.4, 0.5) is 0 Å². The molecule has 0 amide bonds. The van der Waals surface area contributed by atoms with Crippen LogP contribution in [0.25, 0.3) is 0 Å². The van der Waals surface area contributed by atoms with Gasteiger partial charge in [-0.25, -0.2) is 0 Å². The molecule has 0 radical (unpaired) electrons. The number of benzene rings is 2. The summed E-state index contributed by atoms with van der Waals surface area (Å²) in [5.41, 5.74) is 1.97. The Morgan fingerprint density at radius 3 is 1.23 bits per heavy atom. The minimum absolute atomic E-state index is 0.322. The molecule has 2 aromatic rings. The van der Waals surface area contributed by atoms with Crippen molar-refractivity contribution >= 4 is 15.9 Å². The lowest BCUT2D eigenvalue weighted by atomic mass is 9.48. The summed E-state index contributed by atoms with van der Waals surface area (Å²) in [6.07, 6.45) is 17.8. The lowest BCUT2D eigenvalue weighted by Crippen LogP contribution is -2.48. The summed E-state index contributed by atoms with van der Waals surface area (Å²) < 4.78 is 0.613. The SMILES string of the molecule is BrC12CC3CC(CC(C3)C1)C2.Oc1ccc(C23CC4CC(CC(C4)C2)C3)cc1.Oc1ccccc1. The second-order valence-electron chi connectivity index (χ2n) is 13.1. The highest BCUT2D eigenvalue weighted by atomic mass is 79.9. The molecule has 0 aliphatic heterocycles. The van der Waals surface area contributed by atoms with Crippen LogP contribution < -0.4 is 0 Å². The number of para-hydroxylation sites is 1. The molecule has 8 aliphatic carbocycles. The Morgan fingerprint density at radius 1 is 0.514 bits per heavy atom. The van der Waals surface area contributed by atoms with Crippen molar-refractivity contribution in [3.63, 3.8) is 0 Å². The molecule has 35 heavy (non-hydrogen) atoms. The van der Waals surface area contributed by atoms with Gasteiger partial charge in [-0.2, -0.15) is 0 Å². The number of hydrogen-bond donors (Lipinski definition) is 2. The highest BCUT2D eigenvalue weighted by Gasteiger charge is 2.51. The zero-order valence-corrected chi connectivity index (χ0v) is 22.5. The van der Waals surface area contributed by atoms with Gasteiger partial charge in [0.2, 0.25) is 0 Å². The van der Waals surface area contributed by atoms with Gasteiger partial charge in [-0.05, 0) is 148 Å². The quantitative estimate of drug-likeness (QED) is 0.358. The summed E-state index contributed by atoms with van der Waals surface area (Å²) in [7, 11) is 0. The van der Waals surface area contributed by atoms with Gasteiger partial charge in [-0.3, -0.25) is 0 Å². The van der Waals surface area contributed by atoms with Gasteiger partial charge < -0.3 is 10.2 Å². The van der Waals surface area contributed by atoms with Crippen LogP contribution in [0.1, 0.15) is 82.6 Å². The first-order valence-corrected chi connectivity index (χ1v) is 14.9. The summed E-state index contributed by atoms with van der Waals surface area (Å²) in [5.74, 6) is 7.00. The minimum atomic E-state index is 0.322. The molecular formula is C32H41BrO2. The van der Waals surface area contributed by atoms with E-state index in [2.05, 4.69) is 28.1 Å². The second kappa shape index (κ2) is 9.43. The molecule has 0 aromatic heterocycles. The standard InChI is InChI=1S/C16H20O.C10H15Br.C6H6O/c17-15-3-1-14(2-4-15)16-8-11-5-12(9-16)7-13(6-11)10-16;11-10-4-7-1-8(5-10)3-9(2-7)6-10;7-6-4-2-1-3-5-6/h1-4,11-13,17H,5-10H2;7-9H,1-6H2;1-5,7H. The van der Waals surface area contributed by atoms with E-state index in [4.69, 9.17) is 5.11 Å². The normalized spacial score (nSPS) is 41.5. The summed E-state index contributed by atoms with van der Waals surface area (Å²) in [6.45, 7) is 0. The van der Waals surface area contributed by atoms with E-state index in [9.17, 15) is 5.11 Å². The lowest BCUT2D eigenvalue weighted by Gasteiger charge is -2.57. The Kier molecular flexibility index (Phi) is 6.44. The number of aromatic hydroxyl groups is 2. The molecule has 8 aliphatic rings. The molecule has 2 N–H and O–H groups in total. The smallest absolute Gasteiger partial charge is 0.115 e. The van der Waals surface area contributed by atoms with Crippen molar-refractivity contribution in [2.45, 2.75) is 86.8 Å². The highest BCUT2D eigenvalue weighted by Crippen LogP contribution is 2.61. The zero-order chi connectivity index (χ0) is 24.0. The third-order valence-electron chi connectivity index (χ3n) is 10.2. The van der Waals surface area contributed by atoms with Crippen molar-refractivity contribution in [1.82, 2.24) is 0 Å². The summed E-state index contributed by atoms with van der Waals surface area (Å²) >= 11 is 3.96. The third-order valence-corrected chi connectivity index (χ3v) is 11.2. The van der Waals surface area contributed by atoms with Crippen LogP contribution in [0.3, 0.4) is 0 Å². The van der Waals surface area contributed by atoms with Crippen molar-refractivity contribution in [3.8, 4) is 11.5 Å². The molecule has 8 fully saturated rings. The fourth-order valence-corrected chi connectivity index (χ4v) is 11.1. The summed E-state index contributed by atoms with van der Waals surface area (Å²) in [4.78, 5) is 0. The highest BCUT2D eigenvalue weighted by molar-refractivity contribution is 9.10. The van der Waals surface area contributed by atoms with E-state index in [0.29, 0.717) is 21.2 Å². The molecule has 0 atom stereocenters. The molecule has 0 unspecified atom stereocenters. The van der Waals surface area contributed by atoms with E-state index < -0.39 is 0 Å². The Balaban J connectivity index is 0.000000109. The number of phenols is 2. The van der Waals surface area contributed by atoms with E-state index in [-0.39, 0.29) is 0 Å². The Hall–Kier alpha value is -1.48. The average molecular weight is 538 g/mol. The predicted molar refractivity (Wildman–Crippen MR) is 146 cm³/mol. The number of phenolic OH excluding ortho intramolecular Hbond substituents is 2. The average Bonchev–Trinajstić information content (AvgIpc) is 2.78. The van der Waals surface area contributed by atoms with E-state index in [0.717, 1.165) is 35.5 Å². The fourth-order valence-electron chi connectivity index (χ4n) is 9.71. The van der Waals surface area contributed by atoms with Gasteiger partial charge >= 0.3 is 0 Å². The maximum Gasteiger partial charge on any atom is 0.115 e. The van der Waals surface area contributed by atoms with Gasteiger partial charge in [-0.1, -0.05) is 46.3 Å². The molecule has 188 valence electrons. The van der Waals surface area contributed by atoms with Crippen molar-refractivity contribution < 1.29 is 10.2 Å². The van der Waals surface area contributed by atoms with Crippen molar-refractivity contribution in [1.29, 1.82) is 0 Å². The van der Waals surface area contributed by atoms with Crippen LogP contribution in [0, 0.1) is 35.5 Å². The molecule has 2 aromatic carbocycles. The maximum atomic E-state index is 9.44. The number of halogens is 1. The largest absolute Gasteiger partial charge is 0.508 e. The molecule has 3 heteroatoms. The molecule has 8 bridgehead atoms. The third kappa shape index (κ3) is 5.17. The molecule has 8 saturated carbocycles. The lowest BCUT2D eigenvalue weighted by molar-refractivity contribution is -0.00520. The van der Waals surface area contributed by atoms with Gasteiger partial charge in [0.1, 0.15) is 11.5 Å². The van der Waals surface area contributed by atoms with Crippen molar-refractivity contribution in [3.05, 3.63) is 60.2 Å². The minimum Gasteiger partial charge on any atom is -0.508 e. The van der Waals surface area contributed by atoms with Gasteiger partial charge in [-0.15, -0.1) is 0 Å². The molecule has 10 rings (SSSR count). The maximum absolute atomic E-state index is 9.44. The molecule has 0 spiro atoms. The number of rotatable bonds is 1. The van der Waals surface area contributed by atoms with Crippen LogP contribution in [-0.4, -0.2) is 14.5 Å². The van der Waals surface area contributed by atoms with Crippen LogP contribution in [-0.2, 0) is 5.41 Å². The summed E-state index contributed by atoms with van der Waals surface area (Å²) in [5, 5.41) is 18.1. The van der Waals surface area contributed by atoms with Gasteiger partial charge in [0.05, 0.1) is 0 Å². The van der Waals surface area contributed by atoms with E-state index >= 15 is 0 Å². The first kappa shape index (κ1) is 23.9. The van der Waals surface area contributed by atoms with Crippen LogP contribution >= 0.6 is 15.9 Å². The Bertz CT molecular complexity index is 927. The second-order valence-corrected chi connectivity index (χ2v) is 14.8. The van der Waals surface area contributed by atoms with E-state index in [1.807, 2.05) is 18.2 Å². The van der Waals surface area contributed by atoms with Crippen LogP contribution in [0.15, 0.2) is 54.6 Å². The van der Waals surface area contributed by atoms with Crippen molar-refractivity contribution in [2.75, 3.05) is 0 Å². The van der Waals surface area contributed by atoms with Crippen molar-refractivity contribution in [2.24, 2.45) is 35.5 Å². The van der Waals surface area contributed by atoms with E-state index in [1.165, 1.54) is 63.4 Å². The topological polar surface area (TPSA) is 40.5 Å². The Morgan fingerprint density at radius 2 is 0.886 bits per heavy atom. The van der Waals surface area contributed by atoms with Crippen LogP contribution in [0.2, 0.25) is 0 Å². The molecular weight excluding hydrogens is 496 g/mol. The van der Waals surface area contributed by atoms with Gasteiger partial charge in [0.15, 0.2) is 0 Å². The van der Waals surface area contributed by atoms with Crippen LogP contribution in [0.5, 0.6) is 11.5 Å². The number of alkyl halides is 1. The molecule has 2 nitrogen and oxygen atoms in total. The summed E-state index contributed by atoms with van der Waals surface area (Å²) in [6, 6.07) is 16.8. The Labute approximate surface area is 219 Å². The first-order chi connectivity index (χ1) is 16.9.